The lowest BCUT2D eigenvalue weighted by atomic mass is 10.0. The van der Waals surface area contributed by atoms with E-state index >= 15 is 0 Å². The summed E-state index contributed by atoms with van der Waals surface area (Å²) in [4.78, 5) is 4.26. The first-order valence-electron chi connectivity index (χ1n) is 7.33. The SMILES string of the molecule is CN=C(NCc1ccsc1)NCC(C)c1ccccc1OC.I. The van der Waals surface area contributed by atoms with Crippen LogP contribution in [-0.2, 0) is 6.54 Å². The highest BCUT2D eigenvalue weighted by Gasteiger charge is 2.11. The number of halogens is 1. The number of nitrogens with one attached hydrogen (secondary N) is 2. The Kier molecular flexibility index (Phi) is 9.01. The predicted molar refractivity (Wildman–Crippen MR) is 109 cm³/mol. The van der Waals surface area contributed by atoms with Crippen molar-refractivity contribution in [3.63, 3.8) is 0 Å². The lowest BCUT2D eigenvalue weighted by molar-refractivity contribution is 0.406. The molecule has 0 bridgehead atoms. The summed E-state index contributed by atoms with van der Waals surface area (Å²) in [6.07, 6.45) is 0. The molecule has 1 aromatic heterocycles. The zero-order valence-corrected chi connectivity index (χ0v) is 16.9. The van der Waals surface area contributed by atoms with Crippen LogP contribution in [0.3, 0.4) is 0 Å². The molecule has 0 saturated heterocycles. The fourth-order valence-electron chi connectivity index (χ4n) is 2.23. The summed E-state index contributed by atoms with van der Waals surface area (Å²) < 4.78 is 5.42. The predicted octanol–water partition coefficient (Wildman–Crippen LogP) is 3.84. The van der Waals surface area contributed by atoms with Crippen molar-refractivity contribution in [2.45, 2.75) is 19.4 Å². The number of methoxy groups -OCH3 is 1. The highest BCUT2D eigenvalue weighted by Crippen LogP contribution is 2.25. The third kappa shape index (κ3) is 6.02. The van der Waals surface area contributed by atoms with Gasteiger partial charge in [0.2, 0.25) is 0 Å². The van der Waals surface area contributed by atoms with Crippen LogP contribution in [0.5, 0.6) is 5.75 Å². The lowest BCUT2D eigenvalue weighted by Gasteiger charge is -2.18. The monoisotopic (exact) mass is 445 g/mol. The van der Waals surface area contributed by atoms with Crippen molar-refractivity contribution in [2.75, 3.05) is 20.7 Å². The maximum absolute atomic E-state index is 5.42. The zero-order chi connectivity index (χ0) is 15.8. The second-order valence-corrected chi connectivity index (χ2v) is 5.86. The average Bonchev–Trinajstić information content (AvgIpc) is 3.08. The van der Waals surface area contributed by atoms with Gasteiger partial charge in [-0.25, -0.2) is 0 Å². The molecular weight excluding hydrogens is 421 g/mol. The molecule has 0 fully saturated rings. The van der Waals surface area contributed by atoms with Crippen LogP contribution >= 0.6 is 35.3 Å². The number of thiophene rings is 1. The Bertz CT molecular complexity index is 602. The van der Waals surface area contributed by atoms with Crippen LogP contribution in [0, 0.1) is 0 Å². The molecule has 1 unspecified atom stereocenters. The van der Waals surface area contributed by atoms with E-state index in [1.54, 1.807) is 25.5 Å². The number of hydrogen-bond donors (Lipinski definition) is 2. The molecule has 1 atom stereocenters. The van der Waals surface area contributed by atoms with E-state index in [0.29, 0.717) is 5.92 Å². The smallest absolute Gasteiger partial charge is 0.191 e. The molecule has 1 aromatic carbocycles. The van der Waals surface area contributed by atoms with Crippen LogP contribution in [0.15, 0.2) is 46.1 Å². The Morgan fingerprint density at radius 1 is 1.26 bits per heavy atom. The van der Waals surface area contributed by atoms with Gasteiger partial charge in [0.05, 0.1) is 7.11 Å². The molecule has 4 nitrogen and oxygen atoms in total. The van der Waals surface area contributed by atoms with Crippen LogP contribution < -0.4 is 15.4 Å². The standard InChI is InChI=1S/C17H23N3OS.HI/c1-13(15-6-4-5-7-16(15)21-3)10-19-17(18-2)20-11-14-8-9-22-12-14;/h4-9,12-13H,10-11H2,1-3H3,(H2,18,19,20);1H. The molecule has 0 aliphatic rings. The fourth-order valence-corrected chi connectivity index (χ4v) is 2.90. The largest absolute Gasteiger partial charge is 0.496 e. The minimum atomic E-state index is 0. The number of nitrogens with zero attached hydrogens (tertiary/aromatic N) is 1. The highest BCUT2D eigenvalue weighted by atomic mass is 127. The van der Waals surface area contributed by atoms with E-state index in [0.717, 1.165) is 24.8 Å². The number of rotatable bonds is 6. The van der Waals surface area contributed by atoms with Crippen LogP contribution in [0.2, 0.25) is 0 Å². The van der Waals surface area contributed by atoms with Gasteiger partial charge in [-0.1, -0.05) is 25.1 Å². The number of ether oxygens (including phenoxy) is 1. The molecule has 2 rings (SSSR count). The summed E-state index contributed by atoms with van der Waals surface area (Å²) in [6.45, 7) is 3.76. The van der Waals surface area contributed by atoms with Gasteiger partial charge in [-0.05, 0) is 34.0 Å². The van der Waals surface area contributed by atoms with Crippen molar-refractivity contribution in [3.8, 4) is 5.75 Å². The van der Waals surface area contributed by atoms with Crippen LogP contribution in [-0.4, -0.2) is 26.7 Å². The summed E-state index contributed by atoms with van der Waals surface area (Å²) in [5.41, 5.74) is 2.47. The van der Waals surface area contributed by atoms with E-state index in [9.17, 15) is 0 Å². The van der Waals surface area contributed by atoms with Gasteiger partial charge < -0.3 is 15.4 Å². The minimum Gasteiger partial charge on any atom is -0.496 e. The quantitative estimate of drug-likeness (QED) is 0.404. The van der Waals surface area contributed by atoms with Crippen molar-refractivity contribution in [1.29, 1.82) is 0 Å². The molecule has 126 valence electrons. The second-order valence-electron chi connectivity index (χ2n) is 5.08. The Balaban J connectivity index is 0.00000264. The molecule has 0 radical (unpaired) electrons. The summed E-state index contributed by atoms with van der Waals surface area (Å²) in [5.74, 6) is 2.07. The molecular formula is C17H24IN3OS. The third-order valence-corrected chi connectivity index (χ3v) is 4.24. The van der Waals surface area contributed by atoms with E-state index in [1.807, 2.05) is 18.2 Å². The normalized spacial score (nSPS) is 12.2. The third-order valence-electron chi connectivity index (χ3n) is 3.51. The zero-order valence-electron chi connectivity index (χ0n) is 13.7. The van der Waals surface area contributed by atoms with Crippen LogP contribution in [0.1, 0.15) is 24.0 Å². The topological polar surface area (TPSA) is 45.7 Å². The Labute approximate surface area is 159 Å². The van der Waals surface area contributed by atoms with Gasteiger partial charge in [0, 0.05) is 26.1 Å². The molecule has 6 heteroatoms. The molecule has 1 heterocycles. The van der Waals surface area contributed by atoms with E-state index in [-0.39, 0.29) is 24.0 Å². The molecule has 23 heavy (non-hydrogen) atoms. The van der Waals surface area contributed by atoms with Crippen molar-refractivity contribution in [3.05, 3.63) is 52.2 Å². The molecule has 0 amide bonds. The van der Waals surface area contributed by atoms with Gasteiger partial charge in [-0.15, -0.1) is 24.0 Å². The summed E-state index contributed by atoms with van der Waals surface area (Å²) >= 11 is 1.70. The van der Waals surface area contributed by atoms with E-state index in [4.69, 9.17) is 4.74 Å². The van der Waals surface area contributed by atoms with Crippen molar-refractivity contribution < 1.29 is 4.74 Å². The van der Waals surface area contributed by atoms with Crippen molar-refractivity contribution in [2.24, 2.45) is 4.99 Å². The summed E-state index contributed by atoms with van der Waals surface area (Å²) in [5, 5.41) is 10.9. The maximum atomic E-state index is 5.42. The Hall–Kier alpha value is -1.28. The lowest BCUT2D eigenvalue weighted by Crippen LogP contribution is -2.38. The van der Waals surface area contributed by atoms with E-state index in [2.05, 4.69) is 45.4 Å². The maximum Gasteiger partial charge on any atom is 0.191 e. The van der Waals surface area contributed by atoms with Gasteiger partial charge >= 0.3 is 0 Å². The number of aliphatic imine (C=N–C) groups is 1. The van der Waals surface area contributed by atoms with E-state index in [1.165, 1.54) is 11.1 Å². The Morgan fingerprint density at radius 2 is 2.04 bits per heavy atom. The molecule has 2 aromatic rings. The van der Waals surface area contributed by atoms with E-state index < -0.39 is 0 Å². The first-order valence-corrected chi connectivity index (χ1v) is 8.27. The molecule has 0 saturated carbocycles. The van der Waals surface area contributed by atoms with Crippen LogP contribution in [0.4, 0.5) is 0 Å². The summed E-state index contributed by atoms with van der Waals surface area (Å²) in [6, 6.07) is 10.2. The number of hydrogen-bond acceptors (Lipinski definition) is 3. The Morgan fingerprint density at radius 3 is 2.70 bits per heavy atom. The highest BCUT2D eigenvalue weighted by molar-refractivity contribution is 14.0. The van der Waals surface area contributed by atoms with Crippen LogP contribution in [0.25, 0.3) is 0 Å². The van der Waals surface area contributed by atoms with Gasteiger partial charge in [-0.2, -0.15) is 11.3 Å². The fraction of sp³-hybridized carbons (Fsp3) is 0.353. The number of para-hydroxylation sites is 1. The molecule has 0 spiro atoms. The second kappa shape index (κ2) is 10.5. The molecule has 0 aliphatic carbocycles. The molecule has 2 N–H and O–H groups in total. The minimum absolute atomic E-state index is 0. The average molecular weight is 445 g/mol. The summed E-state index contributed by atoms with van der Waals surface area (Å²) in [7, 11) is 3.50. The van der Waals surface area contributed by atoms with Gasteiger partial charge in [0.1, 0.15) is 5.75 Å². The van der Waals surface area contributed by atoms with Gasteiger partial charge in [-0.3, -0.25) is 4.99 Å². The molecule has 0 aliphatic heterocycles. The van der Waals surface area contributed by atoms with Gasteiger partial charge in [0.15, 0.2) is 5.96 Å². The first kappa shape index (κ1) is 19.8. The van der Waals surface area contributed by atoms with Crippen molar-refractivity contribution >= 4 is 41.3 Å². The number of guanidine groups is 1. The van der Waals surface area contributed by atoms with Crippen molar-refractivity contribution in [1.82, 2.24) is 10.6 Å². The van der Waals surface area contributed by atoms with Gasteiger partial charge in [0.25, 0.3) is 0 Å². The first-order chi connectivity index (χ1) is 10.7. The number of benzene rings is 1.